The molecule has 1 aromatic carbocycles. The van der Waals surface area contributed by atoms with Crippen molar-refractivity contribution in [1.29, 1.82) is 0 Å². The Bertz CT molecular complexity index is 1190. The summed E-state index contributed by atoms with van der Waals surface area (Å²) in [5.74, 6) is 0.913. The van der Waals surface area contributed by atoms with Gasteiger partial charge in [0.25, 0.3) is 0 Å². The minimum absolute atomic E-state index is 0.115. The van der Waals surface area contributed by atoms with Gasteiger partial charge in [0, 0.05) is 35.8 Å². The Labute approximate surface area is 184 Å². The van der Waals surface area contributed by atoms with Crippen LogP contribution in [0.4, 0.5) is 10.3 Å². The molecule has 1 aliphatic heterocycles. The minimum Gasteiger partial charge on any atom is -0.328 e. The molecule has 158 valence electrons. The molecule has 6 nitrogen and oxygen atoms in total. The summed E-state index contributed by atoms with van der Waals surface area (Å²) in [4.78, 5) is 21.9. The Balaban J connectivity index is 1.52. The highest BCUT2D eigenvalue weighted by molar-refractivity contribution is 7.98. The first-order valence-electron chi connectivity index (χ1n) is 10.2. The fourth-order valence-corrected chi connectivity index (χ4v) is 5.08. The maximum Gasteiger partial charge on any atom is 0.227 e. The SMILES string of the molecule is CC1(C)CC(=O)C2=C(C1)Nc1nc(SCc3ccccc3F)nn1[C@H]2c1ccncc1. The second-order valence-electron chi connectivity index (χ2n) is 8.68. The minimum atomic E-state index is -0.354. The molecule has 8 heteroatoms. The van der Waals surface area contributed by atoms with Gasteiger partial charge in [-0.3, -0.25) is 9.78 Å². The highest BCUT2D eigenvalue weighted by Gasteiger charge is 2.41. The van der Waals surface area contributed by atoms with E-state index >= 15 is 0 Å². The number of allylic oxidation sites excluding steroid dienone is 2. The van der Waals surface area contributed by atoms with E-state index in [2.05, 4.69) is 29.1 Å². The number of rotatable bonds is 4. The van der Waals surface area contributed by atoms with Gasteiger partial charge in [-0.1, -0.05) is 43.8 Å². The Morgan fingerprint density at radius 2 is 1.97 bits per heavy atom. The Hall–Kier alpha value is -3.00. The van der Waals surface area contributed by atoms with Crippen molar-refractivity contribution in [1.82, 2.24) is 19.7 Å². The van der Waals surface area contributed by atoms with Crippen LogP contribution >= 0.6 is 11.8 Å². The van der Waals surface area contributed by atoms with Gasteiger partial charge in [0.15, 0.2) is 5.78 Å². The van der Waals surface area contributed by atoms with Crippen molar-refractivity contribution in [2.75, 3.05) is 5.32 Å². The number of anilines is 1. The number of aromatic nitrogens is 4. The average Bonchev–Trinajstić information content (AvgIpc) is 3.14. The van der Waals surface area contributed by atoms with Crippen molar-refractivity contribution in [2.45, 2.75) is 43.6 Å². The smallest absolute Gasteiger partial charge is 0.227 e. The summed E-state index contributed by atoms with van der Waals surface area (Å²) in [7, 11) is 0. The van der Waals surface area contributed by atoms with E-state index in [-0.39, 0.29) is 23.1 Å². The van der Waals surface area contributed by atoms with E-state index in [1.807, 2.05) is 18.2 Å². The van der Waals surface area contributed by atoms with E-state index in [9.17, 15) is 9.18 Å². The number of nitrogens with one attached hydrogen (secondary N) is 1. The number of benzene rings is 1. The molecular formula is C23H22FN5OS. The van der Waals surface area contributed by atoms with Crippen molar-refractivity contribution in [3.63, 3.8) is 0 Å². The first-order chi connectivity index (χ1) is 14.9. The van der Waals surface area contributed by atoms with Gasteiger partial charge < -0.3 is 5.32 Å². The maximum absolute atomic E-state index is 14.0. The monoisotopic (exact) mass is 435 g/mol. The number of pyridine rings is 1. The molecule has 1 N–H and O–H groups in total. The van der Waals surface area contributed by atoms with E-state index in [0.29, 0.717) is 28.8 Å². The number of carbonyl (C=O) groups is 1. The van der Waals surface area contributed by atoms with Crippen LogP contribution < -0.4 is 5.32 Å². The molecule has 0 spiro atoms. The number of ketones is 1. The van der Waals surface area contributed by atoms with Gasteiger partial charge in [-0.15, -0.1) is 5.10 Å². The summed E-state index contributed by atoms with van der Waals surface area (Å²) in [6.07, 6.45) is 4.70. The molecule has 1 atom stereocenters. The lowest BCUT2D eigenvalue weighted by atomic mass is 9.73. The fraction of sp³-hybridized carbons (Fsp3) is 0.304. The number of halogens is 1. The van der Waals surface area contributed by atoms with Crippen LogP contribution in [0.15, 0.2) is 65.2 Å². The predicted molar refractivity (Wildman–Crippen MR) is 117 cm³/mol. The summed E-state index contributed by atoms with van der Waals surface area (Å²) < 4.78 is 15.8. The zero-order valence-electron chi connectivity index (χ0n) is 17.3. The number of hydrogen-bond acceptors (Lipinski definition) is 6. The fourth-order valence-electron chi connectivity index (χ4n) is 4.26. The van der Waals surface area contributed by atoms with E-state index in [1.54, 1.807) is 29.2 Å². The van der Waals surface area contributed by atoms with Crippen molar-refractivity contribution in [3.05, 3.63) is 77.0 Å². The topological polar surface area (TPSA) is 72.7 Å². The molecule has 3 aromatic rings. The molecule has 2 aliphatic rings. The van der Waals surface area contributed by atoms with Crippen molar-refractivity contribution in [3.8, 4) is 0 Å². The van der Waals surface area contributed by atoms with E-state index in [4.69, 9.17) is 5.10 Å². The molecule has 3 heterocycles. The lowest BCUT2D eigenvalue weighted by Crippen LogP contribution is -2.36. The van der Waals surface area contributed by atoms with Crippen molar-refractivity contribution in [2.24, 2.45) is 5.41 Å². The molecule has 0 saturated carbocycles. The summed E-state index contributed by atoms with van der Waals surface area (Å²) in [6, 6.07) is 10.2. The first kappa shape index (κ1) is 19.9. The molecule has 5 rings (SSSR count). The average molecular weight is 436 g/mol. The lowest BCUT2D eigenvalue weighted by Gasteiger charge is -2.38. The number of thioether (sulfide) groups is 1. The molecule has 0 radical (unpaired) electrons. The second kappa shape index (κ2) is 7.60. The van der Waals surface area contributed by atoms with Gasteiger partial charge in [-0.25, -0.2) is 9.07 Å². The highest BCUT2D eigenvalue weighted by Crippen LogP contribution is 2.45. The summed E-state index contributed by atoms with van der Waals surface area (Å²) >= 11 is 1.37. The third-order valence-corrected chi connectivity index (χ3v) is 6.54. The number of nitrogens with zero attached hydrogens (tertiary/aromatic N) is 4. The van der Waals surface area contributed by atoms with Gasteiger partial charge in [-0.2, -0.15) is 4.98 Å². The van der Waals surface area contributed by atoms with Crippen LogP contribution in [0.25, 0.3) is 0 Å². The van der Waals surface area contributed by atoms with E-state index < -0.39 is 0 Å². The maximum atomic E-state index is 14.0. The van der Waals surface area contributed by atoms with Gasteiger partial charge >= 0.3 is 0 Å². The van der Waals surface area contributed by atoms with Crippen molar-refractivity contribution >= 4 is 23.5 Å². The highest BCUT2D eigenvalue weighted by atomic mass is 32.2. The molecule has 0 unspecified atom stereocenters. The van der Waals surface area contributed by atoms with Crippen LogP contribution in [0.5, 0.6) is 0 Å². The van der Waals surface area contributed by atoms with Gasteiger partial charge in [0.2, 0.25) is 11.1 Å². The van der Waals surface area contributed by atoms with Crippen LogP contribution in [0.2, 0.25) is 0 Å². The zero-order chi connectivity index (χ0) is 21.6. The van der Waals surface area contributed by atoms with Crippen LogP contribution in [0, 0.1) is 11.2 Å². The van der Waals surface area contributed by atoms with Crippen LogP contribution in [-0.4, -0.2) is 25.5 Å². The number of Topliss-reactive ketones (excluding diaryl/α,β-unsaturated/α-hetero) is 1. The Kier molecular flexibility index (Phi) is 4.89. The van der Waals surface area contributed by atoms with Gasteiger partial charge in [-0.05, 0) is 41.2 Å². The quantitative estimate of drug-likeness (QED) is 0.596. The third kappa shape index (κ3) is 3.76. The van der Waals surface area contributed by atoms with Gasteiger partial charge in [0.05, 0.1) is 0 Å². The van der Waals surface area contributed by atoms with E-state index in [0.717, 1.165) is 23.3 Å². The molecule has 1 aliphatic carbocycles. The van der Waals surface area contributed by atoms with Crippen LogP contribution in [-0.2, 0) is 10.5 Å². The second-order valence-corrected chi connectivity index (χ2v) is 9.63. The molecule has 2 aromatic heterocycles. The van der Waals surface area contributed by atoms with Crippen molar-refractivity contribution < 1.29 is 9.18 Å². The molecule has 0 amide bonds. The molecule has 31 heavy (non-hydrogen) atoms. The number of fused-ring (bicyclic) bond motifs is 1. The normalized spacial score (nSPS) is 19.6. The first-order valence-corrected chi connectivity index (χ1v) is 11.2. The molecule has 0 fully saturated rings. The molecular weight excluding hydrogens is 413 g/mol. The lowest BCUT2D eigenvalue weighted by molar-refractivity contribution is -0.118. The largest absolute Gasteiger partial charge is 0.328 e. The predicted octanol–water partition coefficient (Wildman–Crippen LogP) is 4.76. The summed E-state index contributed by atoms with van der Waals surface area (Å²) in [5.41, 5.74) is 3.08. The molecule has 0 saturated heterocycles. The summed E-state index contributed by atoms with van der Waals surface area (Å²) in [6.45, 7) is 4.21. The Morgan fingerprint density at radius 3 is 2.74 bits per heavy atom. The third-order valence-electron chi connectivity index (χ3n) is 5.65. The zero-order valence-corrected chi connectivity index (χ0v) is 18.1. The van der Waals surface area contributed by atoms with Crippen LogP contribution in [0.3, 0.4) is 0 Å². The standard InChI is InChI=1S/C23H22FN5OS/c1-23(2)11-17-19(18(30)12-23)20(14-7-9-25-10-8-14)29-21(26-17)27-22(28-29)31-13-15-5-3-4-6-16(15)24/h3-10,20H,11-13H2,1-2H3,(H,26,27,28)/t20-/m0/s1. The number of carbonyl (C=O) groups excluding carboxylic acids is 1. The molecule has 0 bridgehead atoms. The van der Waals surface area contributed by atoms with Gasteiger partial charge in [0.1, 0.15) is 11.9 Å². The Morgan fingerprint density at radius 1 is 1.19 bits per heavy atom. The summed E-state index contributed by atoms with van der Waals surface area (Å²) in [5, 5.41) is 8.59. The van der Waals surface area contributed by atoms with E-state index in [1.165, 1.54) is 17.8 Å². The van der Waals surface area contributed by atoms with Crippen LogP contribution in [0.1, 0.15) is 43.9 Å². The number of hydrogen-bond donors (Lipinski definition) is 1.